The van der Waals surface area contributed by atoms with Crippen molar-refractivity contribution in [3.8, 4) is 0 Å². The average molecular weight is 351 g/mol. The lowest BCUT2D eigenvalue weighted by Crippen LogP contribution is -2.14. The molecule has 0 amide bonds. The van der Waals surface area contributed by atoms with Crippen molar-refractivity contribution in [2.24, 2.45) is 0 Å². The van der Waals surface area contributed by atoms with Gasteiger partial charge in [-0.1, -0.05) is 40.0 Å². The predicted octanol–water partition coefficient (Wildman–Crippen LogP) is 5.79. The quantitative estimate of drug-likeness (QED) is 0.357. The van der Waals surface area contributed by atoms with Gasteiger partial charge in [0.1, 0.15) is 0 Å². The van der Waals surface area contributed by atoms with Gasteiger partial charge < -0.3 is 11.1 Å². The summed E-state index contributed by atoms with van der Waals surface area (Å²) in [6, 6.07) is 10.3. The van der Waals surface area contributed by atoms with Gasteiger partial charge in [-0.25, -0.2) is 0 Å². The van der Waals surface area contributed by atoms with E-state index in [1.807, 2.05) is 24.3 Å². The van der Waals surface area contributed by atoms with Gasteiger partial charge in [-0.05, 0) is 66.3 Å². The standard InChI is InChI=1S/C12H19N.C10H11N3/c1-8-6-10(12(3,4)5)9(2)11(13)7-8;1-3-7(2)11-8-4-5-9-10(6-8)13-12-9/h6-7H,13H2,1-5H3;3-6,11-13H,1-2H2. The summed E-state index contributed by atoms with van der Waals surface area (Å²) in [6.45, 7) is 18.2. The van der Waals surface area contributed by atoms with E-state index in [4.69, 9.17) is 5.73 Å². The van der Waals surface area contributed by atoms with Crippen molar-refractivity contribution in [2.45, 2.75) is 40.0 Å². The third kappa shape index (κ3) is 4.60. The summed E-state index contributed by atoms with van der Waals surface area (Å²) in [6.07, 6.45) is 1.69. The van der Waals surface area contributed by atoms with Crippen molar-refractivity contribution in [3.63, 3.8) is 0 Å². The second kappa shape index (κ2) is 7.56. The van der Waals surface area contributed by atoms with E-state index in [-0.39, 0.29) is 5.41 Å². The molecule has 0 saturated heterocycles. The van der Waals surface area contributed by atoms with Gasteiger partial charge in [0.2, 0.25) is 0 Å². The van der Waals surface area contributed by atoms with Crippen LogP contribution in [0.25, 0.3) is 11.0 Å². The molecule has 138 valence electrons. The number of H-pyrrole nitrogens is 2. The Labute approximate surface area is 156 Å². The van der Waals surface area contributed by atoms with Crippen LogP contribution >= 0.6 is 0 Å². The highest BCUT2D eigenvalue weighted by molar-refractivity contribution is 5.80. The molecule has 4 nitrogen and oxygen atoms in total. The minimum Gasteiger partial charge on any atom is -0.398 e. The summed E-state index contributed by atoms with van der Waals surface area (Å²) in [7, 11) is 0. The van der Waals surface area contributed by atoms with E-state index in [0.29, 0.717) is 0 Å². The molecule has 0 radical (unpaired) electrons. The van der Waals surface area contributed by atoms with E-state index in [1.54, 1.807) is 6.08 Å². The zero-order valence-electron chi connectivity index (χ0n) is 16.5. The highest BCUT2D eigenvalue weighted by Gasteiger charge is 2.17. The third-order valence-corrected chi connectivity index (χ3v) is 4.30. The summed E-state index contributed by atoms with van der Waals surface area (Å²) in [5.74, 6) is 0. The first-order valence-corrected chi connectivity index (χ1v) is 8.73. The molecule has 0 aliphatic heterocycles. The Morgan fingerprint density at radius 1 is 1.08 bits per heavy atom. The number of anilines is 2. The van der Waals surface area contributed by atoms with Crippen molar-refractivity contribution in [1.29, 1.82) is 0 Å². The van der Waals surface area contributed by atoms with Crippen LogP contribution in [0.1, 0.15) is 37.5 Å². The number of aromatic nitrogens is 2. The van der Waals surface area contributed by atoms with E-state index < -0.39 is 0 Å². The molecule has 2 aromatic carbocycles. The number of aryl methyl sites for hydroxylation is 1. The van der Waals surface area contributed by atoms with Crippen LogP contribution in [-0.4, -0.2) is 10.2 Å². The molecule has 0 unspecified atom stereocenters. The van der Waals surface area contributed by atoms with Crippen LogP contribution in [0.5, 0.6) is 0 Å². The maximum absolute atomic E-state index is 5.92. The smallest absolute Gasteiger partial charge is 0.0809 e. The minimum atomic E-state index is 0.185. The van der Waals surface area contributed by atoms with Gasteiger partial charge in [-0.2, -0.15) is 0 Å². The Morgan fingerprint density at radius 2 is 1.73 bits per heavy atom. The number of nitrogens with one attached hydrogen (secondary N) is 3. The van der Waals surface area contributed by atoms with Crippen molar-refractivity contribution in [3.05, 3.63) is 72.0 Å². The Kier molecular flexibility index (Phi) is 5.66. The van der Waals surface area contributed by atoms with Crippen molar-refractivity contribution < 1.29 is 0 Å². The number of hydrogen-bond acceptors (Lipinski definition) is 2. The first kappa shape index (κ1) is 19.4. The van der Waals surface area contributed by atoms with E-state index in [1.165, 1.54) is 16.7 Å². The number of hydrogen-bond donors (Lipinski definition) is 4. The van der Waals surface area contributed by atoms with Crippen LogP contribution in [0, 0.1) is 13.8 Å². The highest BCUT2D eigenvalue weighted by atomic mass is 15.1. The van der Waals surface area contributed by atoms with E-state index >= 15 is 0 Å². The Bertz CT molecular complexity index is 919. The summed E-state index contributed by atoms with van der Waals surface area (Å²) >= 11 is 0. The highest BCUT2D eigenvalue weighted by Crippen LogP contribution is 2.29. The molecule has 26 heavy (non-hydrogen) atoms. The molecule has 0 spiro atoms. The fourth-order valence-corrected chi connectivity index (χ4v) is 2.81. The molecular weight excluding hydrogens is 320 g/mol. The topological polar surface area (TPSA) is 69.6 Å². The van der Waals surface area contributed by atoms with Crippen LogP contribution in [0.3, 0.4) is 0 Å². The van der Waals surface area contributed by atoms with Gasteiger partial charge in [-0.3, -0.25) is 10.2 Å². The molecule has 0 bridgehead atoms. The van der Waals surface area contributed by atoms with Gasteiger partial charge in [0.05, 0.1) is 11.0 Å². The molecule has 4 heteroatoms. The third-order valence-electron chi connectivity index (χ3n) is 4.30. The van der Waals surface area contributed by atoms with Crippen molar-refractivity contribution >= 4 is 22.4 Å². The van der Waals surface area contributed by atoms with Gasteiger partial charge in [0.15, 0.2) is 0 Å². The summed E-state index contributed by atoms with van der Waals surface area (Å²) in [4.78, 5) is 0. The monoisotopic (exact) mass is 350 g/mol. The largest absolute Gasteiger partial charge is 0.398 e. The molecule has 1 heterocycles. The van der Waals surface area contributed by atoms with Gasteiger partial charge in [0.25, 0.3) is 0 Å². The lowest BCUT2D eigenvalue weighted by atomic mass is 9.83. The SMILES string of the molecule is C=CC(=C)Nc1ccc2[nH][nH]c2c1.Cc1cc(N)c(C)c(C(C)(C)C)c1. The first-order valence-electron chi connectivity index (χ1n) is 8.73. The maximum Gasteiger partial charge on any atom is 0.0809 e. The van der Waals surface area contributed by atoms with Crippen LogP contribution in [0.2, 0.25) is 0 Å². The van der Waals surface area contributed by atoms with Gasteiger partial charge in [0, 0.05) is 17.1 Å². The van der Waals surface area contributed by atoms with E-state index in [9.17, 15) is 0 Å². The zero-order chi connectivity index (χ0) is 19.5. The first-order chi connectivity index (χ1) is 12.1. The number of nitrogen functional groups attached to an aromatic ring is 1. The second-order valence-corrected chi connectivity index (χ2v) is 7.64. The Morgan fingerprint density at radius 3 is 2.23 bits per heavy atom. The number of nitrogens with two attached hydrogens (primary N) is 1. The van der Waals surface area contributed by atoms with Crippen LogP contribution in [-0.2, 0) is 5.41 Å². The molecule has 1 aromatic heterocycles. The molecule has 0 aliphatic carbocycles. The van der Waals surface area contributed by atoms with Crippen molar-refractivity contribution in [2.75, 3.05) is 11.1 Å². The molecule has 3 rings (SSSR count). The second-order valence-electron chi connectivity index (χ2n) is 7.64. The summed E-state index contributed by atoms with van der Waals surface area (Å²) in [5.41, 5.74) is 14.9. The van der Waals surface area contributed by atoms with Crippen LogP contribution in [0.15, 0.2) is 55.3 Å². The number of aromatic amines is 2. The number of fused-ring (bicyclic) bond motifs is 1. The number of allylic oxidation sites excluding steroid dienone is 1. The Hall–Kier alpha value is -2.88. The molecule has 0 saturated carbocycles. The molecule has 0 atom stereocenters. The number of rotatable bonds is 3. The normalized spacial score (nSPS) is 11.0. The lowest BCUT2D eigenvalue weighted by Gasteiger charge is -2.23. The molecule has 0 aliphatic rings. The lowest BCUT2D eigenvalue weighted by molar-refractivity contribution is 0.586. The number of benzene rings is 2. The summed E-state index contributed by atoms with van der Waals surface area (Å²) in [5, 5.41) is 9.05. The van der Waals surface area contributed by atoms with E-state index in [2.05, 4.69) is 69.4 Å². The fraction of sp³-hybridized carbons (Fsp3) is 0.273. The van der Waals surface area contributed by atoms with Crippen molar-refractivity contribution in [1.82, 2.24) is 10.2 Å². The average Bonchev–Trinajstić information content (AvgIpc) is 2.53. The molecule has 3 aromatic rings. The van der Waals surface area contributed by atoms with Gasteiger partial charge in [-0.15, -0.1) is 0 Å². The summed E-state index contributed by atoms with van der Waals surface area (Å²) < 4.78 is 0. The molecule has 0 fully saturated rings. The predicted molar refractivity (Wildman–Crippen MR) is 115 cm³/mol. The van der Waals surface area contributed by atoms with E-state index in [0.717, 1.165) is 28.1 Å². The minimum absolute atomic E-state index is 0.185. The fourth-order valence-electron chi connectivity index (χ4n) is 2.81. The zero-order valence-corrected chi connectivity index (χ0v) is 16.5. The molecule has 5 N–H and O–H groups in total. The molecular formula is C22H30N4. The maximum atomic E-state index is 5.92. The van der Waals surface area contributed by atoms with Crippen LogP contribution in [0.4, 0.5) is 11.4 Å². The Balaban J connectivity index is 0.000000187. The van der Waals surface area contributed by atoms with Gasteiger partial charge >= 0.3 is 0 Å². The van der Waals surface area contributed by atoms with Crippen LogP contribution < -0.4 is 11.1 Å².